The molecule has 3 aromatic rings. The van der Waals surface area contributed by atoms with Crippen LogP contribution in [0.4, 0.5) is 4.39 Å². The van der Waals surface area contributed by atoms with E-state index in [1.165, 1.54) is 18.5 Å². The van der Waals surface area contributed by atoms with Gasteiger partial charge in [-0.15, -0.1) is 0 Å². The highest BCUT2D eigenvalue weighted by Gasteiger charge is 2.13. The van der Waals surface area contributed by atoms with Crippen LogP contribution in [0.2, 0.25) is 0 Å². The van der Waals surface area contributed by atoms with Gasteiger partial charge >= 0.3 is 0 Å². The fraction of sp³-hybridized carbons (Fsp3) is 0.211. The fourth-order valence-corrected chi connectivity index (χ4v) is 3.32. The van der Waals surface area contributed by atoms with Gasteiger partial charge in [0.1, 0.15) is 11.5 Å². The van der Waals surface area contributed by atoms with Crippen LogP contribution in [0.3, 0.4) is 0 Å². The van der Waals surface area contributed by atoms with Crippen LogP contribution in [0.15, 0.2) is 53.6 Å². The van der Waals surface area contributed by atoms with Gasteiger partial charge in [0, 0.05) is 22.9 Å². The number of benzene rings is 1. The minimum Gasteiger partial charge on any atom is -0.339 e. The Balaban J connectivity index is 2.11. The van der Waals surface area contributed by atoms with E-state index in [1.807, 2.05) is 6.07 Å². The van der Waals surface area contributed by atoms with Gasteiger partial charge in [0.15, 0.2) is 9.84 Å². The van der Waals surface area contributed by atoms with Crippen LogP contribution in [0, 0.1) is 11.7 Å². The smallest absolute Gasteiger partial charge is 0.175 e. The molecule has 1 aromatic carbocycles. The Morgan fingerprint density at radius 1 is 1.20 bits per heavy atom. The van der Waals surface area contributed by atoms with Crippen molar-refractivity contribution in [2.24, 2.45) is 5.92 Å². The van der Waals surface area contributed by atoms with Gasteiger partial charge in [-0.25, -0.2) is 17.8 Å². The van der Waals surface area contributed by atoms with Crippen LogP contribution >= 0.6 is 0 Å². The lowest BCUT2D eigenvalue weighted by molar-refractivity contribution is 0.602. The van der Waals surface area contributed by atoms with Gasteiger partial charge in [0.05, 0.1) is 11.1 Å². The summed E-state index contributed by atoms with van der Waals surface area (Å²) < 4.78 is 36.7. The molecule has 1 N–H and O–H groups in total. The van der Waals surface area contributed by atoms with Gasteiger partial charge < -0.3 is 4.98 Å². The van der Waals surface area contributed by atoms with Crippen molar-refractivity contribution in [1.29, 1.82) is 0 Å². The van der Waals surface area contributed by atoms with E-state index in [0.29, 0.717) is 11.0 Å². The Morgan fingerprint density at radius 2 is 1.88 bits per heavy atom. The summed E-state index contributed by atoms with van der Waals surface area (Å²) in [5, 5.41) is 0.692. The van der Waals surface area contributed by atoms with Crippen LogP contribution in [0.1, 0.15) is 25.1 Å². The van der Waals surface area contributed by atoms with E-state index in [-0.39, 0.29) is 16.6 Å². The molecule has 130 valence electrons. The first-order chi connectivity index (χ1) is 11.7. The topological polar surface area (TPSA) is 62.8 Å². The number of nitrogens with zero attached hydrogens (tertiary/aromatic N) is 1. The summed E-state index contributed by atoms with van der Waals surface area (Å²) >= 11 is 0. The monoisotopic (exact) mass is 358 g/mol. The van der Waals surface area contributed by atoms with Crippen LogP contribution in [-0.2, 0) is 9.84 Å². The molecule has 0 aliphatic heterocycles. The van der Waals surface area contributed by atoms with Crippen molar-refractivity contribution >= 4 is 26.4 Å². The number of sulfone groups is 1. The number of pyridine rings is 1. The van der Waals surface area contributed by atoms with Gasteiger partial charge in [-0.05, 0) is 35.7 Å². The number of allylic oxidation sites excluding steroid dienone is 1. The van der Waals surface area contributed by atoms with Crippen LogP contribution < -0.4 is 0 Å². The second-order valence-corrected chi connectivity index (χ2v) is 8.41. The maximum absolute atomic E-state index is 13.4. The Hall–Kier alpha value is -2.47. The number of fused-ring (bicyclic) bond motifs is 1. The predicted octanol–water partition coefficient (Wildman–Crippen LogP) is 4.19. The molecule has 0 fully saturated rings. The fourth-order valence-electron chi connectivity index (χ4n) is 2.69. The zero-order chi connectivity index (χ0) is 18.2. The number of nitrogens with one attached hydrogen (secondary N) is 1. The van der Waals surface area contributed by atoms with Gasteiger partial charge in [-0.3, -0.25) is 0 Å². The van der Waals surface area contributed by atoms with E-state index in [9.17, 15) is 12.8 Å². The SMILES string of the molecule is CC(C)C=C(c1ccc(S(C)(=O)=O)cc1)c1cc2cc(F)cnc2[nH]1. The highest BCUT2D eigenvalue weighted by atomic mass is 32.2. The highest BCUT2D eigenvalue weighted by Crippen LogP contribution is 2.28. The summed E-state index contributed by atoms with van der Waals surface area (Å²) in [6.45, 7) is 4.12. The van der Waals surface area contributed by atoms with Crippen molar-refractivity contribution in [3.8, 4) is 0 Å². The van der Waals surface area contributed by atoms with Crippen molar-refractivity contribution in [3.63, 3.8) is 0 Å². The van der Waals surface area contributed by atoms with Crippen LogP contribution in [0.5, 0.6) is 0 Å². The van der Waals surface area contributed by atoms with Crippen molar-refractivity contribution < 1.29 is 12.8 Å². The molecule has 0 saturated carbocycles. The Bertz CT molecular complexity index is 1050. The lowest BCUT2D eigenvalue weighted by Gasteiger charge is -2.09. The lowest BCUT2D eigenvalue weighted by atomic mass is 9.99. The number of aromatic nitrogens is 2. The normalized spacial score (nSPS) is 12.9. The average molecular weight is 358 g/mol. The van der Waals surface area contributed by atoms with E-state index in [0.717, 1.165) is 16.8 Å². The highest BCUT2D eigenvalue weighted by molar-refractivity contribution is 7.90. The lowest BCUT2D eigenvalue weighted by Crippen LogP contribution is -1.98. The summed E-state index contributed by atoms with van der Waals surface area (Å²) in [5.41, 5.74) is 3.23. The van der Waals surface area contributed by atoms with Crippen molar-refractivity contribution in [3.05, 3.63) is 65.7 Å². The molecule has 0 bridgehead atoms. The van der Waals surface area contributed by atoms with Crippen molar-refractivity contribution in [2.45, 2.75) is 18.7 Å². The molecule has 0 spiro atoms. The Morgan fingerprint density at radius 3 is 2.48 bits per heavy atom. The first-order valence-corrected chi connectivity index (χ1v) is 9.80. The minimum atomic E-state index is -3.24. The Kier molecular flexibility index (Phi) is 4.47. The van der Waals surface area contributed by atoms with E-state index in [4.69, 9.17) is 0 Å². The molecule has 2 aromatic heterocycles. The molecule has 0 aliphatic carbocycles. The molecule has 0 amide bonds. The third kappa shape index (κ3) is 3.79. The van der Waals surface area contributed by atoms with Gasteiger partial charge in [0.2, 0.25) is 0 Å². The first-order valence-electron chi connectivity index (χ1n) is 7.91. The standard InChI is InChI=1S/C19H19FN2O2S/c1-12(2)8-17(13-4-6-16(7-5-13)25(3,23)24)18-10-14-9-15(20)11-21-19(14)22-18/h4-12H,1-3H3,(H,21,22). The summed E-state index contributed by atoms with van der Waals surface area (Å²) in [7, 11) is -3.24. The molecular formula is C19H19FN2O2S. The zero-order valence-corrected chi connectivity index (χ0v) is 15.1. The summed E-state index contributed by atoms with van der Waals surface area (Å²) in [4.78, 5) is 7.55. The quantitative estimate of drug-likeness (QED) is 0.760. The average Bonchev–Trinajstić information content (AvgIpc) is 2.94. The molecule has 0 saturated heterocycles. The van der Waals surface area contributed by atoms with Crippen LogP contribution in [-0.4, -0.2) is 24.6 Å². The number of halogens is 1. The second-order valence-electron chi connectivity index (χ2n) is 6.40. The van der Waals surface area contributed by atoms with Gasteiger partial charge in [-0.2, -0.15) is 0 Å². The number of H-pyrrole nitrogens is 1. The van der Waals surface area contributed by atoms with Gasteiger partial charge in [-0.1, -0.05) is 32.1 Å². The van der Waals surface area contributed by atoms with Crippen molar-refractivity contribution in [2.75, 3.05) is 6.26 Å². The molecule has 6 heteroatoms. The molecule has 0 radical (unpaired) electrons. The maximum atomic E-state index is 13.4. The second kappa shape index (κ2) is 6.44. The van der Waals surface area contributed by atoms with E-state index >= 15 is 0 Å². The third-order valence-electron chi connectivity index (χ3n) is 3.82. The Labute approximate surface area is 146 Å². The largest absolute Gasteiger partial charge is 0.339 e. The number of hydrogen-bond donors (Lipinski definition) is 1. The third-order valence-corrected chi connectivity index (χ3v) is 4.95. The number of hydrogen-bond acceptors (Lipinski definition) is 3. The van der Waals surface area contributed by atoms with E-state index in [1.54, 1.807) is 24.3 Å². The summed E-state index contributed by atoms with van der Waals surface area (Å²) in [5.74, 6) is -0.106. The first kappa shape index (κ1) is 17.4. The molecule has 4 nitrogen and oxygen atoms in total. The van der Waals surface area contributed by atoms with E-state index < -0.39 is 9.84 Å². The molecule has 0 aliphatic rings. The number of aromatic amines is 1. The minimum absolute atomic E-state index is 0.278. The molecule has 0 unspecified atom stereocenters. The van der Waals surface area contributed by atoms with Crippen molar-refractivity contribution in [1.82, 2.24) is 9.97 Å². The molecule has 3 rings (SSSR count). The maximum Gasteiger partial charge on any atom is 0.175 e. The predicted molar refractivity (Wildman–Crippen MR) is 97.5 cm³/mol. The molecule has 25 heavy (non-hydrogen) atoms. The van der Waals surface area contributed by atoms with E-state index in [2.05, 4.69) is 29.9 Å². The summed E-state index contributed by atoms with van der Waals surface area (Å²) in [6.07, 6.45) is 4.44. The number of rotatable bonds is 4. The molecular weight excluding hydrogens is 339 g/mol. The summed E-state index contributed by atoms with van der Waals surface area (Å²) in [6, 6.07) is 10.0. The van der Waals surface area contributed by atoms with Crippen LogP contribution in [0.25, 0.3) is 16.6 Å². The molecule has 0 atom stereocenters. The molecule has 2 heterocycles. The zero-order valence-electron chi connectivity index (χ0n) is 14.2. The van der Waals surface area contributed by atoms with Gasteiger partial charge in [0.25, 0.3) is 0 Å².